The van der Waals surface area contributed by atoms with E-state index < -0.39 is 0 Å². The lowest BCUT2D eigenvalue weighted by molar-refractivity contribution is -0.466. The van der Waals surface area contributed by atoms with Crippen LogP contribution < -0.4 is 4.98 Å². The van der Waals surface area contributed by atoms with Crippen molar-refractivity contribution < 1.29 is 4.58 Å². The normalized spacial score (nSPS) is 14.0. The van der Waals surface area contributed by atoms with Gasteiger partial charge in [0.05, 0.1) is 0 Å². The van der Waals surface area contributed by atoms with Crippen molar-refractivity contribution in [1.29, 1.82) is 0 Å². The van der Waals surface area contributed by atoms with Crippen LogP contribution in [0.3, 0.4) is 0 Å². The summed E-state index contributed by atoms with van der Waals surface area (Å²) >= 11 is 0. The van der Waals surface area contributed by atoms with E-state index in [0.717, 1.165) is 0 Å². The maximum atomic E-state index is 3.90. The van der Waals surface area contributed by atoms with Gasteiger partial charge < -0.3 is 15.2 Å². The third-order valence-corrected chi connectivity index (χ3v) is 1.25. The number of aliphatic imine (C=N–C) groups is 1. The minimum atomic E-state index is 0.583. The second-order valence-electron chi connectivity index (χ2n) is 2.03. The first-order chi connectivity index (χ1) is 5.45. The summed E-state index contributed by atoms with van der Waals surface area (Å²) in [5, 5.41) is 7.36. The molecule has 0 unspecified atom stereocenters. The maximum absolute atomic E-state index is 3.90. The van der Waals surface area contributed by atoms with E-state index in [1.807, 2.05) is 0 Å². The quantitative estimate of drug-likeness (QED) is 0.535. The van der Waals surface area contributed by atoms with Crippen LogP contribution in [0, 0.1) is 0 Å². The fraction of sp³-hybridized carbons (Fsp3) is 0.167. The van der Waals surface area contributed by atoms with Crippen molar-refractivity contribution in [3.05, 3.63) is 24.6 Å². The molecular formula is C6H5N5. The molecule has 0 spiro atoms. The predicted octanol–water partition coefficient (Wildman–Crippen LogP) is -0.395. The molecule has 11 heavy (non-hydrogen) atoms. The summed E-state index contributed by atoms with van der Waals surface area (Å²) in [6.07, 6.45) is 4.89. The van der Waals surface area contributed by atoms with Gasteiger partial charge in [-0.2, -0.15) is 4.58 Å². The summed E-state index contributed by atoms with van der Waals surface area (Å²) in [4.78, 5) is 7.66. The fourth-order valence-electron chi connectivity index (χ4n) is 0.778. The summed E-state index contributed by atoms with van der Waals surface area (Å²) in [6, 6.07) is 2.73. The minimum Gasteiger partial charge on any atom is -0.366 e. The average Bonchev–Trinajstić information content (AvgIpc) is 2.60. The summed E-state index contributed by atoms with van der Waals surface area (Å²) in [7, 11) is 0. The minimum absolute atomic E-state index is 0.583. The van der Waals surface area contributed by atoms with Gasteiger partial charge in [0.25, 0.3) is 0 Å². The van der Waals surface area contributed by atoms with Crippen molar-refractivity contribution in [2.45, 2.75) is 6.54 Å². The summed E-state index contributed by atoms with van der Waals surface area (Å²) in [5.74, 6) is 0.680. The van der Waals surface area contributed by atoms with Crippen molar-refractivity contribution in [2.24, 2.45) is 4.99 Å². The molecule has 0 N–H and O–H groups in total. The Morgan fingerprint density at radius 3 is 3.27 bits per heavy atom. The van der Waals surface area contributed by atoms with Crippen LogP contribution in [0.5, 0.6) is 0 Å². The molecule has 0 radical (unpaired) electrons. The summed E-state index contributed by atoms with van der Waals surface area (Å²) in [5.41, 5.74) is 0. The first kappa shape index (κ1) is 6.00. The van der Waals surface area contributed by atoms with Crippen LogP contribution in [-0.4, -0.2) is 20.8 Å². The molecule has 5 heteroatoms. The lowest BCUT2D eigenvalue weighted by atomic mass is 10.6. The van der Waals surface area contributed by atoms with E-state index in [0.29, 0.717) is 12.4 Å². The van der Waals surface area contributed by atoms with E-state index in [2.05, 4.69) is 26.2 Å². The molecule has 0 atom stereocenters. The Kier molecular flexibility index (Phi) is 1.35. The highest BCUT2D eigenvalue weighted by molar-refractivity contribution is 5.38. The second-order valence-corrected chi connectivity index (χ2v) is 2.03. The molecule has 0 amide bonds. The fourth-order valence-corrected chi connectivity index (χ4v) is 0.778. The molecule has 1 aliphatic rings. The Balaban J connectivity index is 2.13. The number of hydrogen-bond acceptors (Lipinski definition) is 3. The molecule has 5 nitrogen and oxygen atoms in total. The third-order valence-electron chi connectivity index (χ3n) is 1.25. The van der Waals surface area contributed by atoms with Crippen molar-refractivity contribution in [2.75, 3.05) is 0 Å². The zero-order valence-electron chi connectivity index (χ0n) is 5.68. The molecule has 0 fully saturated rings. The van der Waals surface area contributed by atoms with E-state index in [-0.39, 0.29) is 0 Å². The van der Waals surface area contributed by atoms with Gasteiger partial charge >= 0.3 is 6.01 Å². The molecule has 0 bridgehead atoms. The Hall–Kier alpha value is -1.74. The Labute approximate surface area is 62.8 Å². The van der Waals surface area contributed by atoms with E-state index >= 15 is 0 Å². The highest BCUT2D eigenvalue weighted by Crippen LogP contribution is 1.92. The van der Waals surface area contributed by atoms with Gasteiger partial charge in [0, 0.05) is 10.8 Å². The Morgan fingerprint density at radius 1 is 1.64 bits per heavy atom. The second kappa shape index (κ2) is 2.48. The molecule has 1 aromatic heterocycles. The van der Waals surface area contributed by atoms with Crippen molar-refractivity contribution in [3.8, 4) is 0 Å². The highest BCUT2D eigenvalue weighted by Gasteiger charge is 2.00. The lowest BCUT2D eigenvalue weighted by Gasteiger charge is -1.93. The first-order valence-corrected chi connectivity index (χ1v) is 3.13. The third kappa shape index (κ3) is 1.22. The van der Waals surface area contributed by atoms with Crippen LogP contribution in [0.2, 0.25) is 0 Å². The van der Waals surface area contributed by atoms with E-state index in [1.54, 1.807) is 17.0 Å². The molecule has 0 saturated heterocycles. The molecule has 0 aliphatic carbocycles. The Bertz CT molecular complexity index is 328. The molecule has 2 rings (SSSR count). The SMILES string of the molecule is C1=NC=C[N+]=1Cc1nnc[n-]1. The molecular weight excluding hydrogens is 142 g/mol. The molecule has 0 saturated carbocycles. The zero-order chi connectivity index (χ0) is 7.52. The lowest BCUT2D eigenvalue weighted by Crippen LogP contribution is -2.03. The van der Waals surface area contributed by atoms with Gasteiger partial charge in [-0.15, -0.1) is 0 Å². The van der Waals surface area contributed by atoms with E-state index in [9.17, 15) is 0 Å². The van der Waals surface area contributed by atoms with Crippen LogP contribution in [0.4, 0.5) is 0 Å². The first-order valence-electron chi connectivity index (χ1n) is 3.13. The molecule has 1 aliphatic heterocycles. The number of hydrogen-bond donors (Lipinski definition) is 0. The number of rotatable bonds is 2. The van der Waals surface area contributed by atoms with Crippen LogP contribution in [0.25, 0.3) is 0 Å². The highest BCUT2D eigenvalue weighted by atomic mass is 15.2. The monoisotopic (exact) mass is 147 g/mol. The molecule has 1 aromatic rings. The Morgan fingerprint density at radius 2 is 2.64 bits per heavy atom. The largest absolute Gasteiger partial charge is 0.366 e. The van der Waals surface area contributed by atoms with Gasteiger partial charge in [-0.25, -0.2) is 0 Å². The number of aromatic nitrogens is 3. The zero-order valence-corrected chi connectivity index (χ0v) is 5.68. The standard InChI is InChI=1S/C6H5N5/c1-2-11(5-7-1)3-6-8-4-9-10-6/h1-2,4H,3H2. The summed E-state index contributed by atoms with van der Waals surface area (Å²) in [6.45, 7) is 0.583. The number of nitrogens with zero attached hydrogens (tertiary/aromatic N) is 5. The van der Waals surface area contributed by atoms with Crippen molar-refractivity contribution >= 4 is 6.01 Å². The van der Waals surface area contributed by atoms with Crippen molar-refractivity contribution in [1.82, 2.24) is 15.2 Å². The molecule has 54 valence electrons. The van der Waals surface area contributed by atoms with Crippen LogP contribution >= 0.6 is 0 Å². The van der Waals surface area contributed by atoms with Gasteiger partial charge in [0.15, 0.2) is 6.20 Å². The van der Waals surface area contributed by atoms with Gasteiger partial charge in [0.2, 0.25) is 0 Å². The predicted molar refractivity (Wildman–Crippen MR) is 35.9 cm³/mol. The van der Waals surface area contributed by atoms with Crippen LogP contribution in [0.15, 0.2) is 23.7 Å². The van der Waals surface area contributed by atoms with Gasteiger partial charge in [0.1, 0.15) is 12.7 Å². The average molecular weight is 147 g/mol. The van der Waals surface area contributed by atoms with Crippen LogP contribution in [-0.2, 0) is 6.54 Å². The molecule has 0 aromatic carbocycles. The van der Waals surface area contributed by atoms with E-state index in [4.69, 9.17) is 0 Å². The topological polar surface area (TPSA) is 55.2 Å². The van der Waals surface area contributed by atoms with Crippen molar-refractivity contribution in [3.63, 3.8) is 0 Å². The van der Waals surface area contributed by atoms with Gasteiger partial charge in [-0.1, -0.05) is 0 Å². The maximum Gasteiger partial charge on any atom is 0.318 e. The van der Waals surface area contributed by atoms with Gasteiger partial charge in [-0.3, -0.25) is 0 Å². The van der Waals surface area contributed by atoms with E-state index in [1.165, 1.54) is 6.33 Å². The smallest absolute Gasteiger partial charge is 0.318 e. The summed E-state index contributed by atoms with van der Waals surface area (Å²) < 4.78 is 1.76. The molecule has 2 heterocycles. The van der Waals surface area contributed by atoms with Crippen LogP contribution in [0.1, 0.15) is 5.82 Å². The van der Waals surface area contributed by atoms with Gasteiger partial charge in [-0.05, 0) is 6.33 Å².